The van der Waals surface area contributed by atoms with Crippen LogP contribution < -0.4 is 4.72 Å². The number of nitrogens with one attached hydrogen (secondary N) is 1. The van der Waals surface area contributed by atoms with Crippen molar-refractivity contribution in [3.63, 3.8) is 0 Å². The van der Waals surface area contributed by atoms with E-state index in [1.807, 2.05) is 0 Å². The van der Waals surface area contributed by atoms with Gasteiger partial charge >= 0.3 is 0 Å². The van der Waals surface area contributed by atoms with E-state index in [1.165, 1.54) is 29.8 Å². The van der Waals surface area contributed by atoms with Gasteiger partial charge in [0.15, 0.2) is 0 Å². The lowest BCUT2D eigenvalue weighted by Gasteiger charge is -2.05. The van der Waals surface area contributed by atoms with E-state index in [1.54, 1.807) is 12.1 Å². The van der Waals surface area contributed by atoms with Crippen LogP contribution in [0.2, 0.25) is 4.34 Å². The highest BCUT2D eigenvalue weighted by Gasteiger charge is 2.15. The molecule has 2 heterocycles. The molecule has 0 aliphatic rings. The fourth-order valence-corrected chi connectivity index (χ4v) is 3.58. The molecule has 0 saturated heterocycles. The summed E-state index contributed by atoms with van der Waals surface area (Å²) in [5, 5.41) is 8.63. The van der Waals surface area contributed by atoms with Crippen molar-refractivity contribution in [1.82, 2.24) is 9.71 Å². The molecule has 21 heavy (non-hydrogen) atoms. The summed E-state index contributed by atoms with van der Waals surface area (Å²) in [5.74, 6) is 5.05. The minimum atomic E-state index is -3.68. The number of rotatable bonds is 4. The summed E-state index contributed by atoms with van der Waals surface area (Å²) in [6.45, 7) is -0.138. The van der Waals surface area contributed by atoms with Crippen LogP contribution in [0.25, 0.3) is 0 Å². The number of halogens is 1. The molecule has 2 N–H and O–H groups in total. The Morgan fingerprint density at radius 2 is 2.19 bits per heavy atom. The smallest absolute Gasteiger partial charge is 0.242 e. The highest BCUT2D eigenvalue weighted by Crippen LogP contribution is 2.21. The van der Waals surface area contributed by atoms with E-state index in [4.69, 9.17) is 16.7 Å². The molecule has 2 rings (SSSR count). The van der Waals surface area contributed by atoms with Crippen molar-refractivity contribution in [2.24, 2.45) is 0 Å². The van der Waals surface area contributed by atoms with Crippen molar-refractivity contribution in [2.45, 2.75) is 11.4 Å². The lowest BCUT2D eigenvalue weighted by atomic mass is 10.3. The highest BCUT2D eigenvalue weighted by atomic mass is 35.5. The van der Waals surface area contributed by atoms with Gasteiger partial charge in [0, 0.05) is 29.4 Å². The summed E-state index contributed by atoms with van der Waals surface area (Å²) in [7, 11) is -3.68. The Labute approximate surface area is 131 Å². The van der Waals surface area contributed by atoms with Crippen LogP contribution in [0.5, 0.6) is 0 Å². The van der Waals surface area contributed by atoms with Crippen LogP contribution in [-0.2, 0) is 16.6 Å². The van der Waals surface area contributed by atoms with E-state index >= 15 is 0 Å². The first-order valence-corrected chi connectivity index (χ1v) is 8.48. The predicted molar refractivity (Wildman–Crippen MR) is 81.6 cm³/mol. The van der Waals surface area contributed by atoms with Crippen molar-refractivity contribution in [3.05, 3.63) is 45.4 Å². The molecule has 0 unspecified atom stereocenters. The topological polar surface area (TPSA) is 79.3 Å². The number of aliphatic hydroxyl groups is 1. The average Bonchev–Trinajstić information content (AvgIpc) is 2.89. The number of pyridine rings is 1. The largest absolute Gasteiger partial charge is 0.384 e. The molecular formula is C13H11ClN2O3S2. The van der Waals surface area contributed by atoms with Gasteiger partial charge in [-0.1, -0.05) is 23.4 Å². The molecule has 2 aromatic heterocycles. The molecule has 0 spiro atoms. The second kappa shape index (κ2) is 7.02. The number of hydrogen-bond donors (Lipinski definition) is 2. The zero-order valence-electron chi connectivity index (χ0n) is 10.7. The molecular weight excluding hydrogens is 332 g/mol. The maximum Gasteiger partial charge on any atom is 0.242 e. The standard InChI is InChI=1S/C13H11ClN2O3S2/c14-13-4-3-11(20-13)8-16-21(18,19)12-6-10(2-1-5-17)7-15-9-12/h3-4,6-7,9,16-17H,5,8H2. The minimum Gasteiger partial charge on any atom is -0.384 e. The molecule has 2 aromatic rings. The first-order valence-electron chi connectivity index (χ1n) is 5.80. The molecule has 0 saturated carbocycles. The maximum absolute atomic E-state index is 12.2. The van der Waals surface area contributed by atoms with E-state index in [-0.39, 0.29) is 18.0 Å². The van der Waals surface area contributed by atoms with Crippen LogP contribution in [0.1, 0.15) is 10.4 Å². The van der Waals surface area contributed by atoms with Crippen LogP contribution >= 0.6 is 22.9 Å². The summed E-state index contributed by atoms with van der Waals surface area (Å²) in [4.78, 5) is 4.68. The molecule has 0 amide bonds. The van der Waals surface area contributed by atoms with Crippen molar-refractivity contribution < 1.29 is 13.5 Å². The Balaban J connectivity index is 2.15. The number of aliphatic hydroxyl groups excluding tert-OH is 1. The van der Waals surface area contributed by atoms with Gasteiger partial charge < -0.3 is 5.11 Å². The van der Waals surface area contributed by atoms with Crippen molar-refractivity contribution in [1.29, 1.82) is 0 Å². The second-order valence-electron chi connectivity index (χ2n) is 3.90. The number of aromatic nitrogens is 1. The summed E-state index contributed by atoms with van der Waals surface area (Å²) < 4.78 is 27.4. The van der Waals surface area contributed by atoms with E-state index in [2.05, 4.69) is 21.5 Å². The first-order chi connectivity index (χ1) is 10.0. The average molecular weight is 343 g/mol. The summed E-state index contributed by atoms with van der Waals surface area (Å²) >= 11 is 7.10. The van der Waals surface area contributed by atoms with E-state index in [9.17, 15) is 8.42 Å². The molecule has 0 bridgehead atoms. The van der Waals surface area contributed by atoms with E-state index in [0.717, 1.165) is 4.88 Å². The zero-order chi connectivity index (χ0) is 15.3. The van der Waals surface area contributed by atoms with Crippen molar-refractivity contribution in [3.8, 4) is 11.8 Å². The first kappa shape index (κ1) is 15.9. The maximum atomic E-state index is 12.2. The zero-order valence-corrected chi connectivity index (χ0v) is 13.1. The van der Waals surface area contributed by atoms with Crippen LogP contribution in [-0.4, -0.2) is 25.1 Å². The van der Waals surface area contributed by atoms with Crippen LogP contribution in [0, 0.1) is 11.8 Å². The van der Waals surface area contributed by atoms with Gasteiger partial charge in [0.25, 0.3) is 0 Å². The Kier molecular flexibility index (Phi) is 5.33. The summed E-state index contributed by atoms with van der Waals surface area (Å²) in [5.41, 5.74) is 0.422. The van der Waals surface area contributed by atoms with Crippen LogP contribution in [0.3, 0.4) is 0 Å². The monoisotopic (exact) mass is 342 g/mol. The van der Waals surface area contributed by atoms with Crippen molar-refractivity contribution in [2.75, 3.05) is 6.61 Å². The summed E-state index contributed by atoms with van der Waals surface area (Å²) in [6.07, 6.45) is 2.68. The Hall–Kier alpha value is -1.43. The Morgan fingerprint density at radius 3 is 2.86 bits per heavy atom. The van der Waals surface area contributed by atoms with Gasteiger partial charge in [-0.15, -0.1) is 11.3 Å². The Morgan fingerprint density at radius 1 is 1.38 bits per heavy atom. The molecule has 0 radical (unpaired) electrons. The lowest BCUT2D eigenvalue weighted by molar-refractivity contribution is 0.350. The molecule has 110 valence electrons. The predicted octanol–water partition coefficient (Wildman–Crippen LogP) is 1.62. The molecule has 0 fully saturated rings. The van der Waals surface area contributed by atoms with Crippen molar-refractivity contribution >= 4 is 33.0 Å². The molecule has 8 heteroatoms. The van der Waals surface area contributed by atoms with Gasteiger partial charge in [-0.05, 0) is 18.2 Å². The van der Waals surface area contributed by atoms with E-state index < -0.39 is 10.0 Å². The number of sulfonamides is 1. The van der Waals surface area contributed by atoms with Gasteiger partial charge in [-0.3, -0.25) is 4.98 Å². The van der Waals surface area contributed by atoms with E-state index in [0.29, 0.717) is 9.90 Å². The Bertz CT molecular complexity index is 791. The SMILES string of the molecule is O=S(=O)(NCc1ccc(Cl)s1)c1cncc(C#CCO)c1. The normalized spacial score (nSPS) is 11.0. The second-order valence-corrected chi connectivity index (χ2v) is 7.47. The van der Waals surface area contributed by atoms with Gasteiger partial charge in [0.05, 0.1) is 4.34 Å². The number of hydrogen-bond acceptors (Lipinski definition) is 5. The quantitative estimate of drug-likeness (QED) is 0.827. The lowest BCUT2D eigenvalue weighted by Crippen LogP contribution is -2.23. The van der Waals surface area contributed by atoms with Gasteiger partial charge in [-0.25, -0.2) is 13.1 Å². The third kappa shape index (κ3) is 4.52. The fraction of sp³-hybridized carbons (Fsp3) is 0.154. The van der Waals surface area contributed by atoms with Crippen LogP contribution in [0.4, 0.5) is 0 Å². The number of thiophene rings is 1. The third-order valence-electron chi connectivity index (χ3n) is 2.40. The van der Waals surface area contributed by atoms with Gasteiger partial charge in [-0.2, -0.15) is 0 Å². The van der Waals surface area contributed by atoms with Gasteiger partial charge in [0.2, 0.25) is 10.0 Å². The fourth-order valence-electron chi connectivity index (χ4n) is 1.47. The third-order valence-corrected chi connectivity index (χ3v) is 5.00. The number of nitrogens with zero attached hydrogens (tertiary/aromatic N) is 1. The molecule has 0 aromatic carbocycles. The molecule has 5 nitrogen and oxygen atoms in total. The molecule has 0 aliphatic carbocycles. The minimum absolute atomic E-state index is 0.0230. The highest BCUT2D eigenvalue weighted by molar-refractivity contribution is 7.89. The molecule has 0 aliphatic heterocycles. The molecule has 0 atom stereocenters. The summed E-state index contributed by atoms with van der Waals surface area (Å²) in [6, 6.07) is 4.87. The van der Waals surface area contributed by atoms with Gasteiger partial charge in [0.1, 0.15) is 11.5 Å². The van der Waals surface area contributed by atoms with Crippen LogP contribution in [0.15, 0.2) is 35.5 Å².